The number of hydrogen-bond donors (Lipinski definition) is 1. The first kappa shape index (κ1) is 10.2. The molecule has 1 heterocycles. The molecule has 0 radical (unpaired) electrons. The van der Waals surface area contributed by atoms with Crippen LogP contribution in [0.25, 0.3) is 11.1 Å². The highest BCUT2D eigenvalue weighted by Gasteiger charge is 2.16. The Kier molecular flexibility index (Phi) is 2.55. The lowest BCUT2D eigenvalue weighted by molar-refractivity contribution is -0.384. The molecule has 1 aromatic heterocycles. The van der Waals surface area contributed by atoms with Crippen LogP contribution in [-0.4, -0.2) is 22.2 Å². The maximum absolute atomic E-state index is 10.9. The Hall–Kier alpha value is -2.37. The number of nitrogens with zero attached hydrogens (tertiary/aromatic N) is 2. The van der Waals surface area contributed by atoms with Gasteiger partial charge in [0.25, 0.3) is 5.69 Å². The molecule has 2 rings (SSSR count). The van der Waals surface area contributed by atoms with E-state index in [0.29, 0.717) is 16.9 Å². The number of aromatic nitrogens is 2. The van der Waals surface area contributed by atoms with E-state index in [0.717, 1.165) is 0 Å². The third-order valence-electron chi connectivity index (χ3n) is 2.21. The van der Waals surface area contributed by atoms with E-state index in [1.165, 1.54) is 19.4 Å². The molecule has 2 aromatic rings. The van der Waals surface area contributed by atoms with E-state index in [9.17, 15) is 10.1 Å². The van der Waals surface area contributed by atoms with Gasteiger partial charge in [-0.3, -0.25) is 15.2 Å². The van der Waals surface area contributed by atoms with Crippen LogP contribution in [0.2, 0.25) is 0 Å². The summed E-state index contributed by atoms with van der Waals surface area (Å²) in [5, 5.41) is 17.3. The van der Waals surface area contributed by atoms with E-state index >= 15 is 0 Å². The first-order valence-corrected chi connectivity index (χ1v) is 4.54. The van der Waals surface area contributed by atoms with Crippen LogP contribution in [-0.2, 0) is 0 Å². The fourth-order valence-corrected chi connectivity index (χ4v) is 1.43. The largest absolute Gasteiger partial charge is 0.497 e. The molecule has 0 aliphatic carbocycles. The lowest BCUT2D eigenvalue weighted by Crippen LogP contribution is -1.93. The minimum absolute atomic E-state index is 0.000694. The summed E-state index contributed by atoms with van der Waals surface area (Å²) in [5.41, 5.74) is 1.19. The van der Waals surface area contributed by atoms with Gasteiger partial charge in [0.15, 0.2) is 0 Å². The van der Waals surface area contributed by atoms with E-state index in [1.54, 1.807) is 18.3 Å². The third-order valence-corrected chi connectivity index (χ3v) is 2.21. The second kappa shape index (κ2) is 4.01. The zero-order valence-electron chi connectivity index (χ0n) is 8.51. The molecule has 0 saturated heterocycles. The van der Waals surface area contributed by atoms with Crippen molar-refractivity contribution in [3.63, 3.8) is 0 Å². The number of nitro groups is 1. The molecule has 0 saturated carbocycles. The predicted octanol–water partition coefficient (Wildman–Crippen LogP) is 1.99. The fourth-order valence-electron chi connectivity index (χ4n) is 1.43. The van der Waals surface area contributed by atoms with Gasteiger partial charge in [-0.05, 0) is 12.1 Å². The summed E-state index contributed by atoms with van der Waals surface area (Å²) in [6, 6.07) is 4.71. The summed E-state index contributed by atoms with van der Waals surface area (Å²) in [6.45, 7) is 0. The SMILES string of the molecule is COc1ccc(-c2cn[nH]c2)c([N+](=O)[O-])c1. The van der Waals surface area contributed by atoms with Gasteiger partial charge < -0.3 is 4.74 Å². The van der Waals surface area contributed by atoms with Gasteiger partial charge in [-0.25, -0.2) is 0 Å². The molecule has 82 valence electrons. The van der Waals surface area contributed by atoms with E-state index in [-0.39, 0.29) is 5.69 Å². The number of H-pyrrole nitrogens is 1. The Labute approximate surface area is 91.0 Å². The van der Waals surface area contributed by atoms with Crippen molar-refractivity contribution in [3.8, 4) is 16.9 Å². The highest BCUT2D eigenvalue weighted by atomic mass is 16.6. The number of aromatic amines is 1. The molecule has 16 heavy (non-hydrogen) atoms. The molecule has 0 atom stereocenters. The summed E-state index contributed by atoms with van der Waals surface area (Å²) >= 11 is 0. The van der Waals surface area contributed by atoms with Crippen molar-refractivity contribution in [2.45, 2.75) is 0 Å². The number of rotatable bonds is 3. The van der Waals surface area contributed by atoms with Crippen LogP contribution in [0.4, 0.5) is 5.69 Å². The Balaban J connectivity index is 2.57. The molecular weight excluding hydrogens is 210 g/mol. The van der Waals surface area contributed by atoms with E-state index in [1.807, 2.05) is 0 Å². The molecule has 0 unspecified atom stereocenters. The number of hydrogen-bond acceptors (Lipinski definition) is 4. The average molecular weight is 219 g/mol. The van der Waals surface area contributed by atoms with Gasteiger partial charge >= 0.3 is 0 Å². The van der Waals surface area contributed by atoms with Gasteiger partial charge in [-0.2, -0.15) is 5.10 Å². The van der Waals surface area contributed by atoms with Crippen molar-refractivity contribution < 1.29 is 9.66 Å². The molecule has 0 amide bonds. The summed E-state index contributed by atoms with van der Waals surface area (Å²) in [7, 11) is 1.47. The normalized spacial score (nSPS) is 10.1. The van der Waals surface area contributed by atoms with Crippen molar-refractivity contribution >= 4 is 5.69 Å². The number of nitro benzene ring substituents is 1. The molecule has 1 N–H and O–H groups in total. The smallest absolute Gasteiger partial charge is 0.281 e. The van der Waals surface area contributed by atoms with Crippen LogP contribution in [0.1, 0.15) is 0 Å². The minimum atomic E-state index is -0.440. The van der Waals surface area contributed by atoms with Crippen LogP contribution in [0.5, 0.6) is 5.75 Å². The van der Waals surface area contributed by atoms with Crippen LogP contribution < -0.4 is 4.74 Å². The topological polar surface area (TPSA) is 81.0 Å². The van der Waals surface area contributed by atoms with Crippen LogP contribution in [0, 0.1) is 10.1 Å². The third kappa shape index (κ3) is 1.72. The summed E-state index contributed by atoms with van der Waals surface area (Å²) in [4.78, 5) is 10.5. The molecular formula is C10H9N3O3. The molecule has 1 aromatic carbocycles. The van der Waals surface area contributed by atoms with Crippen molar-refractivity contribution in [2.75, 3.05) is 7.11 Å². The van der Waals surface area contributed by atoms with Gasteiger partial charge in [-0.15, -0.1) is 0 Å². The van der Waals surface area contributed by atoms with Crippen molar-refractivity contribution in [1.82, 2.24) is 10.2 Å². The summed E-state index contributed by atoms with van der Waals surface area (Å²) in [5.74, 6) is 0.457. The van der Waals surface area contributed by atoms with Crippen LogP contribution >= 0.6 is 0 Å². The molecule has 0 bridgehead atoms. The Morgan fingerprint density at radius 1 is 1.50 bits per heavy atom. The summed E-state index contributed by atoms with van der Waals surface area (Å²) < 4.78 is 4.95. The van der Waals surface area contributed by atoms with Gasteiger partial charge in [0.05, 0.1) is 29.9 Å². The lowest BCUT2D eigenvalue weighted by atomic mass is 10.1. The lowest BCUT2D eigenvalue weighted by Gasteiger charge is -2.03. The molecule has 0 aliphatic heterocycles. The number of ether oxygens (including phenoxy) is 1. The average Bonchev–Trinajstić information content (AvgIpc) is 2.81. The fraction of sp³-hybridized carbons (Fsp3) is 0.100. The van der Waals surface area contributed by atoms with Crippen LogP contribution in [0.3, 0.4) is 0 Å². The standard InChI is InChI=1S/C10H9N3O3/c1-16-8-2-3-9(7-5-11-12-6-7)10(4-8)13(14)15/h2-6H,1H3,(H,11,12). The van der Waals surface area contributed by atoms with Crippen molar-refractivity contribution in [2.24, 2.45) is 0 Å². The van der Waals surface area contributed by atoms with E-state index in [2.05, 4.69) is 10.2 Å². The molecule has 0 spiro atoms. The molecule has 6 heteroatoms. The number of nitrogens with one attached hydrogen (secondary N) is 1. The van der Waals surface area contributed by atoms with Crippen LogP contribution in [0.15, 0.2) is 30.6 Å². The Bertz CT molecular complexity index is 508. The van der Waals surface area contributed by atoms with Gasteiger partial charge in [0.1, 0.15) is 5.75 Å². The first-order valence-electron chi connectivity index (χ1n) is 4.54. The quantitative estimate of drug-likeness (QED) is 0.632. The van der Waals surface area contributed by atoms with E-state index < -0.39 is 4.92 Å². The van der Waals surface area contributed by atoms with E-state index in [4.69, 9.17) is 4.74 Å². The molecule has 0 aliphatic rings. The molecule has 6 nitrogen and oxygen atoms in total. The zero-order valence-corrected chi connectivity index (χ0v) is 8.51. The second-order valence-electron chi connectivity index (χ2n) is 3.13. The maximum atomic E-state index is 10.9. The van der Waals surface area contributed by atoms with Crippen molar-refractivity contribution in [1.29, 1.82) is 0 Å². The Morgan fingerprint density at radius 3 is 2.88 bits per heavy atom. The van der Waals surface area contributed by atoms with Gasteiger partial charge in [0, 0.05) is 11.8 Å². The monoisotopic (exact) mass is 219 g/mol. The Morgan fingerprint density at radius 2 is 2.31 bits per heavy atom. The minimum Gasteiger partial charge on any atom is -0.497 e. The van der Waals surface area contributed by atoms with Gasteiger partial charge in [0.2, 0.25) is 0 Å². The highest BCUT2D eigenvalue weighted by Crippen LogP contribution is 2.32. The zero-order chi connectivity index (χ0) is 11.5. The maximum Gasteiger partial charge on any atom is 0.281 e. The predicted molar refractivity (Wildman–Crippen MR) is 57.2 cm³/mol. The van der Waals surface area contributed by atoms with Crippen molar-refractivity contribution in [3.05, 3.63) is 40.7 Å². The highest BCUT2D eigenvalue weighted by molar-refractivity contribution is 5.73. The number of benzene rings is 1. The molecule has 0 fully saturated rings. The van der Waals surface area contributed by atoms with Gasteiger partial charge in [-0.1, -0.05) is 0 Å². The number of methoxy groups -OCH3 is 1. The second-order valence-corrected chi connectivity index (χ2v) is 3.13. The summed E-state index contributed by atoms with van der Waals surface area (Å²) in [6.07, 6.45) is 3.14. The first-order chi connectivity index (χ1) is 7.72.